The van der Waals surface area contributed by atoms with Gasteiger partial charge in [0.15, 0.2) is 88.4 Å². The first-order valence-electron chi connectivity index (χ1n) is 21.2. The van der Waals surface area contributed by atoms with Gasteiger partial charge in [0.25, 0.3) is 0 Å². The van der Waals surface area contributed by atoms with Crippen LogP contribution in [-0.2, 0) is 80.8 Å². The molecule has 12 nitrogen and oxygen atoms in total. The van der Waals surface area contributed by atoms with E-state index in [1.165, 1.54) is 29.4 Å². The van der Waals surface area contributed by atoms with Crippen molar-refractivity contribution in [2.24, 2.45) is 0 Å². The molecule has 0 unspecified atom stereocenters. The minimum absolute atomic E-state index is 0. The molecule has 0 heterocycles. The molecule has 0 amide bonds. The van der Waals surface area contributed by atoms with Gasteiger partial charge in [-0.3, -0.25) is 63.5 Å². The topological polar surface area (TPSA) is 205 Å². The fourth-order valence-corrected chi connectivity index (χ4v) is 21.3. The fourth-order valence-electron chi connectivity index (χ4n) is 5.59. The molecule has 6 aromatic carbocycles. The average Bonchev–Trinajstić information content (AvgIpc) is 0.740. The summed E-state index contributed by atoms with van der Waals surface area (Å²) in [6, 6.07) is 64.3. The molecule has 0 aliphatic heterocycles. The molecule has 0 aliphatic carbocycles. The van der Waals surface area contributed by atoms with Gasteiger partial charge in [0.05, 0.1) is 29.6 Å². The molecule has 6 aromatic rings. The van der Waals surface area contributed by atoms with E-state index in [1.54, 1.807) is 0 Å². The summed E-state index contributed by atoms with van der Waals surface area (Å²) in [6.07, 6.45) is 0. The average molecular weight is 1480 g/mol. The molecule has 0 spiro atoms. The van der Waals surface area contributed by atoms with Crippen LogP contribution in [0.25, 0.3) is 0 Å². The first-order valence-corrected chi connectivity index (χ1v) is 32.5. The maximum absolute atomic E-state index is 12.0. The van der Waals surface area contributed by atoms with Crippen LogP contribution in [0, 0.1) is 7.83 Å². The van der Waals surface area contributed by atoms with Crippen molar-refractivity contribution in [3.05, 3.63) is 190 Å². The second-order valence-electron chi connectivity index (χ2n) is 14.9. The van der Waals surface area contributed by atoms with Crippen LogP contribution in [0.5, 0.6) is 0 Å². The van der Waals surface area contributed by atoms with Crippen molar-refractivity contribution in [1.29, 1.82) is 0 Å². The van der Waals surface area contributed by atoms with E-state index in [9.17, 15) is 142 Å². The molecule has 6 rings (SSSR count). The molecular formula is C44H30BF22KO12S8. The molecule has 0 atom stereocenters. The van der Waals surface area contributed by atoms with Crippen molar-refractivity contribution in [3.63, 3.8) is 0 Å². The number of hydrogen-bond acceptors (Lipinski definition) is 12. The zero-order valence-corrected chi connectivity index (χ0v) is 52.0. The van der Waals surface area contributed by atoms with Crippen molar-refractivity contribution < 1.29 is 199 Å². The summed E-state index contributed by atoms with van der Waals surface area (Å²) in [4.78, 5) is 8.17. The van der Waals surface area contributed by atoms with Crippen molar-refractivity contribution in [2.75, 3.05) is 0 Å². The van der Waals surface area contributed by atoms with E-state index in [0.717, 1.165) is 0 Å². The van der Waals surface area contributed by atoms with Gasteiger partial charge in [0, 0.05) is 0 Å². The Morgan fingerprint density at radius 3 is 0.420 bits per heavy atom. The van der Waals surface area contributed by atoms with Crippen molar-refractivity contribution in [1.82, 2.24) is 0 Å². The molecule has 0 saturated carbocycles. The maximum atomic E-state index is 12.0. The zero-order valence-electron chi connectivity index (χ0n) is 42.4. The third kappa shape index (κ3) is 21.5. The Kier molecular flexibility index (Phi) is 30.9. The summed E-state index contributed by atoms with van der Waals surface area (Å²) < 4.78 is 364. The molecule has 0 aromatic heterocycles. The molecule has 88 heavy (non-hydrogen) atoms. The van der Waals surface area contributed by atoms with E-state index >= 15 is 0 Å². The summed E-state index contributed by atoms with van der Waals surface area (Å²) in [7, 11) is -51.8. The smallest absolute Gasteiger partial charge is 1.00 e. The van der Waals surface area contributed by atoms with E-state index in [-0.39, 0.29) is 77.9 Å². The summed E-state index contributed by atoms with van der Waals surface area (Å²) in [6.45, 7) is 0. The molecule has 0 fully saturated rings. The number of rotatable bonds is 12. The summed E-state index contributed by atoms with van der Waals surface area (Å²) in [5, 5.41) is 0. The van der Waals surface area contributed by atoms with Gasteiger partial charge in [-0.1, -0.05) is 109 Å². The van der Waals surface area contributed by atoms with Gasteiger partial charge in [-0.05, 0) is 72.8 Å². The quantitative estimate of drug-likeness (QED) is 0.0530. The zero-order chi connectivity index (χ0) is 66.6. The Bertz CT molecular complexity index is 3170. The first kappa shape index (κ1) is 83.9. The molecule has 0 aliphatic rings. The molecular weight excluding hydrogens is 1440 g/mol. The monoisotopic (exact) mass is 1470 g/mol. The third-order valence-electron chi connectivity index (χ3n) is 9.02. The summed E-state index contributed by atoms with van der Waals surface area (Å²) >= 11 is 0. The van der Waals surface area contributed by atoms with Gasteiger partial charge < -0.3 is 4.70 Å². The van der Waals surface area contributed by atoms with Crippen LogP contribution in [0.1, 0.15) is 0 Å². The third-order valence-corrected chi connectivity index (χ3v) is 27.7. The van der Waals surface area contributed by atoms with Crippen LogP contribution in [0.2, 0.25) is 0 Å². The Balaban J connectivity index is 0.00000111. The molecule has 44 heteroatoms. The second-order valence-corrected chi connectivity index (χ2v) is 31.8. The SMILES string of the molecule is FB(F)F.O=S(=O)([C-](S(=O)(=O)C(F)(F)F)S(=O)(=O)C(F)(F)F)C(F)(F)F.O=S(=O)([C-](S(=O)(=O)C(F)(F)F)S(=O)(=O)C(F)(F)F)C(F)(F)F.[F-].[K+].c1ccc([S+](c2ccccc2)c2ccccc2)cc1.c1ccc([S+](c2ccccc2)c2ccccc2)cc1. The Labute approximate surface area is 534 Å². The largest absolute Gasteiger partial charge is 1.00 e. The fraction of sp³-hybridized carbons (Fsp3) is 0.136. The number of hydrogen-bond donors (Lipinski definition) is 0. The van der Waals surface area contributed by atoms with Crippen LogP contribution in [0.15, 0.2) is 211 Å². The van der Waals surface area contributed by atoms with Gasteiger partial charge in [-0.2, -0.15) is 79.0 Å². The van der Waals surface area contributed by atoms with Crippen molar-refractivity contribution >= 4 is 88.4 Å². The van der Waals surface area contributed by atoms with Gasteiger partial charge >= 0.3 is 92.0 Å². The molecule has 0 bridgehead atoms. The first-order chi connectivity index (χ1) is 38.9. The van der Waals surface area contributed by atoms with Crippen LogP contribution in [0.4, 0.5) is 92.0 Å². The van der Waals surface area contributed by atoms with Gasteiger partial charge in [0.1, 0.15) is 0 Å². The van der Waals surface area contributed by atoms with E-state index in [2.05, 4.69) is 182 Å². The summed E-state index contributed by atoms with van der Waals surface area (Å²) in [5.41, 5.74) is -42.3. The van der Waals surface area contributed by atoms with Crippen LogP contribution in [-0.4, -0.2) is 91.1 Å². The van der Waals surface area contributed by atoms with Crippen molar-refractivity contribution in [3.8, 4) is 0 Å². The van der Waals surface area contributed by atoms with Crippen molar-refractivity contribution in [2.45, 2.75) is 62.4 Å². The Morgan fingerprint density at radius 1 is 0.250 bits per heavy atom. The van der Waals surface area contributed by atoms with E-state index in [0.29, 0.717) is 0 Å². The van der Waals surface area contributed by atoms with Gasteiger partial charge in [0.2, 0.25) is 0 Å². The number of sulfone groups is 6. The van der Waals surface area contributed by atoms with Crippen LogP contribution >= 0.6 is 0 Å². The van der Waals surface area contributed by atoms with Gasteiger partial charge in [-0.15, -0.1) is 0 Å². The standard InChI is InChI=1S/2C18H15S.2C4F9O6S3.BF3.FH.K/c2*1-4-10-16(11-5-1)19(17-12-6-2-7-13-17)18-14-8-3-9-15-18;2*5-2(6,7)20(14,15)1(21(16,17)3(8,9)10)22(18,19)4(11,12)13;2-1(3)4;;/h2*1-15H;;;;1H;/q2*+1;2*-1;;;+1/p-1. The Hall–Kier alpha value is -4.12. The van der Waals surface area contributed by atoms with E-state index in [1.807, 2.05) is 0 Å². The van der Waals surface area contributed by atoms with Gasteiger partial charge in [-0.25, -0.2) is 0 Å². The predicted molar refractivity (Wildman–Crippen MR) is 268 cm³/mol. The number of halogens is 22. The van der Waals surface area contributed by atoms with E-state index < -0.39 is 107 Å². The second kappa shape index (κ2) is 32.4. The van der Waals surface area contributed by atoms with Crippen LogP contribution < -0.4 is 56.1 Å². The minimum Gasteiger partial charge on any atom is -1.00 e. The molecule has 484 valence electrons. The predicted octanol–water partition coefficient (Wildman–Crippen LogP) is 6.93. The maximum Gasteiger partial charge on any atom is 1.00 e. The molecule has 0 N–H and O–H groups in total. The summed E-state index contributed by atoms with van der Waals surface area (Å²) in [5.74, 6) is 0. The normalized spacial score (nSPS) is 12.9. The number of alkyl halides is 18. The van der Waals surface area contributed by atoms with Crippen LogP contribution in [0.3, 0.4) is 0 Å². The Morgan fingerprint density at radius 2 is 0.341 bits per heavy atom. The number of benzene rings is 6. The minimum atomic E-state index is -8.02. The molecule has 0 saturated heterocycles. The van der Waals surface area contributed by atoms with E-state index in [4.69, 9.17) is 0 Å². The molecule has 0 radical (unpaired) electrons.